The Morgan fingerprint density at radius 3 is 2.55 bits per heavy atom. The molecule has 0 aliphatic carbocycles. The molecule has 0 saturated carbocycles. The van der Waals surface area contributed by atoms with Crippen molar-refractivity contribution in [2.75, 3.05) is 19.6 Å². The number of phenolic OH excluding ortho intramolecular Hbond substituents is 1. The van der Waals surface area contributed by atoms with Gasteiger partial charge in [-0.3, -0.25) is 9.79 Å². The predicted octanol–water partition coefficient (Wildman–Crippen LogP) is 1.70. The van der Waals surface area contributed by atoms with Crippen LogP contribution in [-0.2, 0) is 0 Å². The Kier molecular flexibility index (Phi) is 10.3. The number of carbonyl (C=O) groups is 1. The molecule has 0 fully saturated rings. The highest BCUT2D eigenvalue weighted by atomic mass is 127. The van der Waals surface area contributed by atoms with E-state index in [1.165, 1.54) is 6.07 Å². The summed E-state index contributed by atoms with van der Waals surface area (Å²) in [6.07, 6.45) is 0. The first-order chi connectivity index (χ1) is 10.0. The van der Waals surface area contributed by atoms with E-state index in [0.717, 1.165) is 12.5 Å². The molecule has 0 radical (unpaired) electrons. The lowest BCUT2D eigenvalue weighted by Gasteiger charge is -2.14. The summed E-state index contributed by atoms with van der Waals surface area (Å²) < 4.78 is 0. The van der Waals surface area contributed by atoms with Gasteiger partial charge in [0.15, 0.2) is 5.96 Å². The van der Waals surface area contributed by atoms with Crippen molar-refractivity contribution in [3.8, 4) is 5.75 Å². The van der Waals surface area contributed by atoms with Crippen molar-refractivity contribution in [2.45, 2.75) is 26.8 Å². The van der Waals surface area contributed by atoms with Gasteiger partial charge in [-0.05, 0) is 32.9 Å². The highest BCUT2D eigenvalue weighted by molar-refractivity contribution is 14.0. The smallest absolute Gasteiger partial charge is 0.255 e. The molecule has 0 bridgehead atoms. The van der Waals surface area contributed by atoms with E-state index < -0.39 is 0 Å². The van der Waals surface area contributed by atoms with Crippen LogP contribution in [0.5, 0.6) is 5.75 Å². The number of aromatic hydroxyl groups is 1. The van der Waals surface area contributed by atoms with Crippen molar-refractivity contribution >= 4 is 35.8 Å². The fourth-order valence-electron chi connectivity index (χ4n) is 1.69. The maximum absolute atomic E-state index is 11.9. The van der Waals surface area contributed by atoms with Crippen LogP contribution in [0.25, 0.3) is 0 Å². The van der Waals surface area contributed by atoms with Crippen molar-refractivity contribution in [2.24, 2.45) is 4.99 Å². The largest absolute Gasteiger partial charge is 0.507 e. The van der Waals surface area contributed by atoms with Crippen LogP contribution in [0.15, 0.2) is 29.3 Å². The third-order valence-corrected chi connectivity index (χ3v) is 2.59. The lowest BCUT2D eigenvalue weighted by molar-refractivity contribution is 0.0952. The van der Waals surface area contributed by atoms with Crippen LogP contribution in [0.3, 0.4) is 0 Å². The summed E-state index contributed by atoms with van der Waals surface area (Å²) in [4.78, 5) is 16.2. The van der Waals surface area contributed by atoms with E-state index in [2.05, 4.69) is 20.9 Å². The fraction of sp³-hybridized carbons (Fsp3) is 0.467. The molecule has 0 heterocycles. The second kappa shape index (κ2) is 11.1. The highest BCUT2D eigenvalue weighted by Gasteiger charge is 2.08. The number of carbonyl (C=O) groups excluding carboxylic acids is 1. The number of aliphatic imine (C=N–C) groups is 1. The molecule has 22 heavy (non-hydrogen) atoms. The van der Waals surface area contributed by atoms with E-state index in [-0.39, 0.29) is 41.2 Å². The molecule has 0 aliphatic heterocycles. The van der Waals surface area contributed by atoms with Crippen molar-refractivity contribution in [1.82, 2.24) is 16.0 Å². The molecule has 0 spiro atoms. The Balaban J connectivity index is 0.00000441. The predicted molar refractivity (Wildman–Crippen MR) is 100 cm³/mol. The zero-order chi connectivity index (χ0) is 15.7. The Morgan fingerprint density at radius 1 is 1.27 bits per heavy atom. The minimum Gasteiger partial charge on any atom is -0.507 e. The maximum atomic E-state index is 11.9. The second-order valence-electron chi connectivity index (χ2n) is 4.83. The normalized spacial score (nSPS) is 10.8. The first kappa shape index (κ1) is 20.5. The average molecular weight is 420 g/mol. The first-order valence-corrected chi connectivity index (χ1v) is 7.15. The van der Waals surface area contributed by atoms with E-state index in [4.69, 9.17) is 0 Å². The number of benzene rings is 1. The number of para-hydroxylation sites is 1. The third-order valence-electron chi connectivity index (χ3n) is 2.59. The van der Waals surface area contributed by atoms with Crippen molar-refractivity contribution in [1.29, 1.82) is 0 Å². The minimum absolute atomic E-state index is 0. The standard InChI is InChI=1S/C15H24N4O2.HI/c1-4-16-15(19-11(2)3)18-10-9-17-14(21)12-7-5-6-8-13(12)20;/h5-8,11,20H,4,9-10H2,1-3H3,(H,17,21)(H2,16,18,19);1H. The molecule has 0 aromatic heterocycles. The van der Waals surface area contributed by atoms with Crippen LogP contribution >= 0.6 is 24.0 Å². The second-order valence-corrected chi connectivity index (χ2v) is 4.83. The van der Waals surface area contributed by atoms with E-state index >= 15 is 0 Å². The zero-order valence-electron chi connectivity index (χ0n) is 13.2. The summed E-state index contributed by atoms with van der Waals surface area (Å²) in [5.41, 5.74) is 0.272. The van der Waals surface area contributed by atoms with Gasteiger partial charge in [-0.15, -0.1) is 24.0 Å². The van der Waals surface area contributed by atoms with Crippen LogP contribution in [0, 0.1) is 0 Å². The molecule has 0 unspecified atom stereocenters. The molecular weight excluding hydrogens is 395 g/mol. The quantitative estimate of drug-likeness (QED) is 0.244. The maximum Gasteiger partial charge on any atom is 0.255 e. The van der Waals surface area contributed by atoms with Gasteiger partial charge in [0.05, 0.1) is 12.1 Å². The summed E-state index contributed by atoms with van der Waals surface area (Å²) in [7, 11) is 0. The van der Waals surface area contributed by atoms with Crippen LogP contribution in [-0.4, -0.2) is 42.6 Å². The van der Waals surface area contributed by atoms with E-state index in [1.807, 2.05) is 20.8 Å². The van der Waals surface area contributed by atoms with Gasteiger partial charge in [-0.1, -0.05) is 12.1 Å². The number of hydrogen-bond acceptors (Lipinski definition) is 3. The van der Waals surface area contributed by atoms with Crippen LogP contribution < -0.4 is 16.0 Å². The first-order valence-electron chi connectivity index (χ1n) is 7.15. The van der Waals surface area contributed by atoms with E-state index in [1.54, 1.807) is 18.2 Å². The summed E-state index contributed by atoms with van der Waals surface area (Å²) in [5.74, 6) is 0.405. The fourth-order valence-corrected chi connectivity index (χ4v) is 1.69. The molecule has 1 rings (SSSR count). The minimum atomic E-state index is -0.301. The van der Waals surface area contributed by atoms with Gasteiger partial charge >= 0.3 is 0 Å². The van der Waals surface area contributed by atoms with Crippen LogP contribution in [0.4, 0.5) is 0 Å². The SMILES string of the molecule is CCNC(=NCCNC(=O)c1ccccc1O)NC(C)C.I. The Hall–Kier alpha value is -1.51. The topological polar surface area (TPSA) is 85.8 Å². The molecule has 0 aliphatic rings. The number of nitrogens with zero attached hydrogens (tertiary/aromatic N) is 1. The van der Waals surface area contributed by atoms with Gasteiger partial charge in [0.25, 0.3) is 5.91 Å². The summed E-state index contributed by atoms with van der Waals surface area (Å²) in [6, 6.07) is 6.75. The highest BCUT2D eigenvalue weighted by Crippen LogP contribution is 2.14. The molecule has 1 amide bonds. The molecule has 7 heteroatoms. The molecule has 0 atom stereocenters. The number of amides is 1. The number of nitrogens with one attached hydrogen (secondary N) is 3. The third kappa shape index (κ3) is 7.48. The summed E-state index contributed by atoms with van der Waals surface area (Å²) >= 11 is 0. The summed E-state index contributed by atoms with van der Waals surface area (Å²) in [5, 5.41) is 18.6. The monoisotopic (exact) mass is 420 g/mol. The molecule has 6 nitrogen and oxygen atoms in total. The Morgan fingerprint density at radius 2 is 1.95 bits per heavy atom. The van der Waals surface area contributed by atoms with E-state index in [0.29, 0.717) is 19.1 Å². The number of guanidine groups is 1. The average Bonchev–Trinajstić information content (AvgIpc) is 2.43. The van der Waals surface area contributed by atoms with Gasteiger partial charge in [0.1, 0.15) is 5.75 Å². The lowest BCUT2D eigenvalue weighted by atomic mass is 10.2. The molecule has 4 N–H and O–H groups in total. The molecule has 1 aromatic rings. The molecule has 124 valence electrons. The number of hydrogen-bond donors (Lipinski definition) is 4. The number of halogens is 1. The zero-order valence-corrected chi connectivity index (χ0v) is 15.5. The number of rotatable bonds is 6. The van der Waals surface area contributed by atoms with Gasteiger partial charge in [-0.25, -0.2) is 0 Å². The molecule has 0 saturated heterocycles. The van der Waals surface area contributed by atoms with Crippen molar-refractivity contribution in [3.63, 3.8) is 0 Å². The van der Waals surface area contributed by atoms with Crippen LogP contribution in [0.2, 0.25) is 0 Å². The Labute approximate surface area is 148 Å². The summed E-state index contributed by atoms with van der Waals surface area (Å²) in [6.45, 7) is 7.71. The molecular formula is C15H25IN4O2. The lowest BCUT2D eigenvalue weighted by Crippen LogP contribution is -2.41. The van der Waals surface area contributed by atoms with Gasteiger partial charge in [-0.2, -0.15) is 0 Å². The Bertz CT molecular complexity index is 492. The van der Waals surface area contributed by atoms with Gasteiger partial charge in [0.2, 0.25) is 0 Å². The van der Waals surface area contributed by atoms with E-state index in [9.17, 15) is 9.90 Å². The van der Waals surface area contributed by atoms with Crippen molar-refractivity contribution in [3.05, 3.63) is 29.8 Å². The van der Waals surface area contributed by atoms with Crippen LogP contribution in [0.1, 0.15) is 31.1 Å². The van der Waals surface area contributed by atoms with Gasteiger partial charge < -0.3 is 21.1 Å². The number of phenols is 1. The molecule has 1 aromatic carbocycles. The van der Waals surface area contributed by atoms with Gasteiger partial charge in [0, 0.05) is 19.1 Å². The van der Waals surface area contributed by atoms with Crippen molar-refractivity contribution < 1.29 is 9.90 Å².